The Kier molecular flexibility index (Phi) is 5.70. The molecule has 5 rings (SSSR count). The van der Waals surface area contributed by atoms with E-state index in [1.165, 1.54) is 32.1 Å². The normalized spacial score (nSPS) is 26.2. The minimum atomic E-state index is -0.907. The van der Waals surface area contributed by atoms with Crippen LogP contribution in [0.1, 0.15) is 81.6 Å². The zero-order chi connectivity index (χ0) is 24.1. The van der Waals surface area contributed by atoms with Gasteiger partial charge >= 0.3 is 5.97 Å². The summed E-state index contributed by atoms with van der Waals surface area (Å²) >= 11 is 0. The highest BCUT2D eigenvalue weighted by molar-refractivity contribution is 5.95. The molecule has 34 heavy (non-hydrogen) atoms. The van der Waals surface area contributed by atoms with Crippen LogP contribution >= 0.6 is 0 Å². The number of phenolic OH excluding ortho intramolecular Hbond substituents is 1. The third-order valence-corrected chi connectivity index (χ3v) is 8.57. The van der Waals surface area contributed by atoms with Gasteiger partial charge in [0.15, 0.2) is 0 Å². The van der Waals surface area contributed by atoms with Crippen LogP contribution in [0.3, 0.4) is 0 Å². The molecule has 2 fully saturated rings. The number of aromatic carboxylic acids is 1. The van der Waals surface area contributed by atoms with Crippen molar-refractivity contribution in [3.8, 4) is 16.9 Å². The molecule has 2 saturated carbocycles. The predicted molar refractivity (Wildman–Crippen MR) is 138 cm³/mol. The minimum Gasteiger partial charge on any atom is -0.508 e. The fraction of sp³-hybridized carbons (Fsp3) is 0.452. The van der Waals surface area contributed by atoms with Gasteiger partial charge in [-0.2, -0.15) is 0 Å². The fourth-order valence-corrected chi connectivity index (χ4v) is 7.31. The lowest BCUT2D eigenvalue weighted by molar-refractivity contribution is 0.0697. The van der Waals surface area contributed by atoms with Crippen LogP contribution in [0.4, 0.5) is 0 Å². The van der Waals surface area contributed by atoms with E-state index < -0.39 is 5.97 Å². The van der Waals surface area contributed by atoms with E-state index in [4.69, 9.17) is 0 Å². The maximum Gasteiger partial charge on any atom is 0.335 e. The highest BCUT2D eigenvalue weighted by Crippen LogP contribution is 2.58. The molecule has 3 heteroatoms. The highest BCUT2D eigenvalue weighted by Gasteiger charge is 2.48. The predicted octanol–water partition coefficient (Wildman–Crippen LogP) is 8.18. The average Bonchev–Trinajstić information content (AvgIpc) is 2.94. The number of hydrogen-bond acceptors (Lipinski definition) is 2. The second-order valence-electron chi connectivity index (χ2n) is 11.8. The summed E-state index contributed by atoms with van der Waals surface area (Å²) in [6, 6.07) is 17.6. The molecule has 0 aromatic heterocycles. The van der Waals surface area contributed by atoms with Crippen molar-refractivity contribution in [3.05, 3.63) is 65.7 Å². The number of hydrogen-bond donors (Lipinski definition) is 2. The molecule has 3 atom stereocenters. The Morgan fingerprint density at radius 1 is 0.912 bits per heavy atom. The lowest BCUT2D eigenvalue weighted by atomic mass is 9.56. The van der Waals surface area contributed by atoms with E-state index >= 15 is 0 Å². The fourth-order valence-electron chi connectivity index (χ4n) is 7.31. The molecule has 3 unspecified atom stereocenters. The van der Waals surface area contributed by atoms with Gasteiger partial charge in [0.1, 0.15) is 5.75 Å². The van der Waals surface area contributed by atoms with E-state index in [0.717, 1.165) is 46.2 Å². The molecule has 0 spiro atoms. The third kappa shape index (κ3) is 4.21. The largest absolute Gasteiger partial charge is 0.508 e. The molecule has 178 valence electrons. The van der Waals surface area contributed by atoms with Gasteiger partial charge in [0.2, 0.25) is 0 Å². The van der Waals surface area contributed by atoms with Crippen molar-refractivity contribution in [2.45, 2.75) is 71.1 Å². The van der Waals surface area contributed by atoms with Crippen molar-refractivity contribution < 1.29 is 15.0 Å². The van der Waals surface area contributed by atoms with Crippen molar-refractivity contribution in [1.29, 1.82) is 0 Å². The van der Waals surface area contributed by atoms with Gasteiger partial charge in [0.05, 0.1) is 5.56 Å². The van der Waals surface area contributed by atoms with Gasteiger partial charge in [-0.05, 0) is 95.2 Å². The van der Waals surface area contributed by atoms with E-state index in [0.29, 0.717) is 17.2 Å². The van der Waals surface area contributed by atoms with Crippen LogP contribution in [0, 0.1) is 17.3 Å². The molecule has 0 heterocycles. The lowest BCUT2D eigenvalue weighted by Gasteiger charge is -2.48. The summed E-state index contributed by atoms with van der Waals surface area (Å²) in [5, 5.41) is 22.4. The van der Waals surface area contributed by atoms with Crippen molar-refractivity contribution >= 4 is 16.7 Å². The lowest BCUT2D eigenvalue weighted by Crippen LogP contribution is -2.40. The summed E-state index contributed by atoms with van der Waals surface area (Å²) in [5.41, 5.74) is 3.95. The summed E-state index contributed by atoms with van der Waals surface area (Å²) in [7, 11) is 0. The van der Waals surface area contributed by atoms with Gasteiger partial charge in [-0.3, -0.25) is 0 Å². The summed E-state index contributed by atoms with van der Waals surface area (Å²) in [6.07, 6.45) is 8.58. The second-order valence-corrected chi connectivity index (χ2v) is 11.8. The zero-order valence-corrected chi connectivity index (χ0v) is 20.6. The van der Waals surface area contributed by atoms with Gasteiger partial charge in [0, 0.05) is 11.0 Å². The Labute approximate surface area is 202 Å². The van der Waals surface area contributed by atoms with E-state index in [1.54, 1.807) is 12.1 Å². The van der Waals surface area contributed by atoms with Gasteiger partial charge in [-0.15, -0.1) is 0 Å². The first-order chi connectivity index (χ1) is 16.2. The Bertz CT molecular complexity index is 1240. The van der Waals surface area contributed by atoms with Crippen LogP contribution in [0.2, 0.25) is 0 Å². The molecule has 0 saturated heterocycles. The molecule has 0 amide bonds. The number of carboxylic acid groups (broad SMARTS) is 1. The average molecular weight is 457 g/mol. The molecular weight excluding hydrogens is 420 g/mol. The van der Waals surface area contributed by atoms with Crippen molar-refractivity contribution in [2.24, 2.45) is 17.3 Å². The van der Waals surface area contributed by atoms with Gasteiger partial charge in [-0.25, -0.2) is 4.79 Å². The number of rotatable bonds is 4. The maximum atomic E-state index is 11.3. The topological polar surface area (TPSA) is 57.5 Å². The van der Waals surface area contributed by atoms with E-state index in [2.05, 4.69) is 39.0 Å². The summed E-state index contributed by atoms with van der Waals surface area (Å²) in [4.78, 5) is 11.3. The van der Waals surface area contributed by atoms with Crippen LogP contribution in [-0.4, -0.2) is 16.2 Å². The molecule has 0 aliphatic heterocycles. The molecule has 2 aliphatic rings. The van der Waals surface area contributed by atoms with Crippen LogP contribution in [0.15, 0.2) is 54.6 Å². The Balaban J connectivity index is 1.59. The van der Waals surface area contributed by atoms with Gasteiger partial charge < -0.3 is 10.2 Å². The number of benzene rings is 3. The monoisotopic (exact) mass is 456 g/mol. The zero-order valence-electron chi connectivity index (χ0n) is 20.6. The van der Waals surface area contributed by atoms with E-state index in [-0.39, 0.29) is 10.8 Å². The molecule has 2 N–H and O–H groups in total. The highest BCUT2D eigenvalue weighted by atomic mass is 16.4. The molecular formula is C31H36O3. The van der Waals surface area contributed by atoms with E-state index in [9.17, 15) is 15.0 Å². The van der Waals surface area contributed by atoms with Crippen molar-refractivity contribution in [2.75, 3.05) is 0 Å². The third-order valence-electron chi connectivity index (χ3n) is 8.57. The first kappa shape index (κ1) is 23.0. The van der Waals surface area contributed by atoms with Crippen LogP contribution < -0.4 is 0 Å². The first-order valence-corrected chi connectivity index (χ1v) is 12.8. The Hall–Kier alpha value is -2.81. The maximum absolute atomic E-state index is 11.3. The second kappa shape index (κ2) is 8.45. The van der Waals surface area contributed by atoms with Crippen LogP contribution in [0.5, 0.6) is 5.75 Å². The van der Waals surface area contributed by atoms with Crippen LogP contribution in [0.25, 0.3) is 21.9 Å². The van der Waals surface area contributed by atoms with Crippen molar-refractivity contribution in [3.63, 3.8) is 0 Å². The number of carbonyl (C=O) groups is 1. The number of aromatic hydroxyl groups is 1. The summed E-state index contributed by atoms with van der Waals surface area (Å²) in [5.74, 6) is 0.971. The molecule has 3 aromatic rings. The smallest absolute Gasteiger partial charge is 0.335 e. The van der Waals surface area contributed by atoms with E-state index in [1.807, 2.05) is 24.3 Å². The number of carboxylic acids is 1. The standard InChI is InChI=1S/C31H36O3/c1-4-20-5-6-21-16-30(2,3)19-31(17-20,18-21)27-15-25(11-12-28(27)32)23-7-8-24-14-26(29(33)34)10-9-22(24)13-23/h7-15,20-21,32H,4-6,16-19H2,1-3H3,(H,33,34). The van der Waals surface area contributed by atoms with Gasteiger partial charge in [0.25, 0.3) is 0 Å². The number of fused-ring (bicyclic) bond motifs is 3. The first-order valence-electron chi connectivity index (χ1n) is 12.8. The molecule has 3 nitrogen and oxygen atoms in total. The molecule has 3 aromatic carbocycles. The molecule has 2 aliphatic carbocycles. The van der Waals surface area contributed by atoms with Crippen molar-refractivity contribution in [1.82, 2.24) is 0 Å². The SMILES string of the molecule is CCC1CCC2CC(C)(C)CC(c3cc(-c4ccc5cc(C(=O)O)ccc5c4)ccc3O)(C1)C2. The van der Waals surface area contributed by atoms with Crippen LogP contribution in [-0.2, 0) is 5.41 Å². The Morgan fingerprint density at radius 3 is 2.38 bits per heavy atom. The molecule has 2 bridgehead atoms. The quantitative estimate of drug-likeness (QED) is 0.416. The summed E-state index contributed by atoms with van der Waals surface area (Å²) in [6.45, 7) is 7.14. The van der Waals surface area contributed by atoms with Gasteiger partial charge in [-0.1, -0.05) is 64.3 Å². The number of phenols is 1. The summed E-state index contributed by atoms with van der Waals surface area (Å²) < 4.78 is 0. The Morgan fingerprint density at radius 2 is 1.62 bits per heavy atom. The molecule has 0 radical (unpaired) electrons. The minimum absolute atomic E-state index is 0.0247.